The maximum absolute atomic E-state index is 13.4. The van der Waals surface area contributed by atoms with Crippen molar-refractivity contribution in [2.75, 3.05) is 33.4 Å². The number of likely N-dealkylation sites (tertiary alicyclic amines) is 1. The second-order valence-corrected chi connectivity index (χ2v) is 10.5. The molecule has 1 atom stereocenters. The van der Waals surface area contributed by atoms with Crippen LogP contribution >= 0.6 is 0 Å². The van der Waals surface area contributed by atoms with Crippen molar-refractivity contribution in [2.45, 2.75) is 43.5 Å². The van der Waals surface area contributed by atoms with E-state index in [1.165, 1.54) is 4.31 Å². The van der Waals surface area contributed by atoms with Crippen LogP contribution in [0.5, 0.6) is 11.5 Å². The summed E-state index contributed by atoms with van der Waals surface area (Å²) in [5.41, 5.74) is 1.13. The van der Waals surface area contributed by atoms with E-state index < -0.39 is 10.0 Å². The van der Waals surface area contributed by atoms with E-state index in [1.54, 1.807) is 31.4 Å². The number of hydrogen-bond acceptors (Lipinski definition) is 5. The number of nitrogens with zero attached hydrogens (tertiary/aromatic N) is 2. The van der Waals surface area contributed by atoms with Crippen molar-refractivity contribution in [1.82, 2.24) is 9.21 Å². The number of amides is 1. The Morgan fingerprint density at radius 3 is 2.18 bits per heavy atom. The highest BCUT2D eigenvalue weighted by Gasteiger charge is 2.37. The minimum atomic E-state index is -3.58. The Balaban J connectivity index is 1.39. The molecule has 2 saturated heterocycles. The molecule has 0 saturated carbocycles. The van der Waals surface area contributed by atoms with Gasteiger partial charge in [0.1, 0.15) is 11.5 Å². The van der Waals surface area contributed by atoms with E-state index in [-0.39, 0.29) is 22.8 Å². The zero-order valence-electron chi connectivity index (χ0n) is 19.3. The molecule has 0 spiro atoms. The van der Waals surface area contributed by atoms with E-state index in [9.17, 15) is 13.2 Å². The summed E-state index contributed by atoms with van der Waals surface area (Å²) in [6.45, 7) is 4.04. The van der Waals surface area contributed by atoms with Gasteiger partial charge in [-0.3, -0.25) is 4.79 Å². The zero-order valence-corrected chi connectivity index (χ0v) is 20.1. The standard InChI is InChI=1S/C25H32N2O5S/c1-3-32-22-8-6-19(7-9-22)24-5-4-16-27(24)25(28)20-14-17-26(18-15-20)33(29,30)23-12-10-21(31-2)11-13-23/h6-13,20,24H,3-5,14-18H2,1-2H3/t24-/m0/s1. The van der Waals surface area contributed by atoms with Gasteiger partial charge in [-0.2, -0.15) is 4.31 Å². The van der Waals surface area contributed by atoms with Crippen molar-refractivity contribution in [2.24, 2.45) is 5.92 Å². The third-order valence-corrected chi connectivity index (χ3v) is 8.53. The quantitative estimate of drug-likeness (QED) is 0.612. The Morgan fingerprint density at radius 1 is 0.939 bits per heavy atom. The number of rotatable bonds is 7. The van der Waals surface area contributed by atoms with E-state index in [1.807, 2.05) is 36.1 Å². The number of sulfonamides is 1. The summed E-state index contributed by atoms with van der Waals surface area (Å²) < 4.78 is 38.2. The van der Waals surface area contributed by atoms with Crippen molar-refractivity contribution in [3.8, 4) is 11.5 Å². The summed E-state index contributed by atoms with van der Waals surface area (Å²) in [6.07, 6.45) is 3.01. The lowest BCUT2D eigenvalue weighted by molar-refractivity contribution is -0.137. The maximum atomic E-state index is 13.4. The van der Waals surface area contributed by atoms with Crippen molar-refractivity contribution in [1.29, 1.82) is 0 Å². The van der Waals surface area contributed by atoms with E-state index in [2.05, 4.69) is 0 Å². The Kier molecular flexibility index (Phi) is 7.24. The summed E-state index contributed by atoms with van der Waals surface area (Å²) in [7, 11) is -2.03. The van der Waals surface area contributed by atoms with Gasteiger partial charge in [-0.15, -0.1) is 0 Å². The van der Waals surface area contributed by atoms with E-state index in [0.29, 0.717) is 38.3 Å². The number of carbonyl (C=O) groups excluding carboxylic acids is 1. The van der Waals surface area contributed by atoms with Gasteiger partial charge in [-0.1, -0.05) is 12.1 Å². The average molecular weight is 473 g/mol. The molecule has 2 aromatic carbocycles. The highest BCUT2D eigenvalue weighted by Crippen LogP contribution is 2.36. The topological polar surface area (TPSA) is 76.2 Å². The first-order chi connectivity index (χ1) is 15.9. The third kappa shape index (κ3) is 5.01. The van der Waals surface area contributed by atoms with E-state index in [4.69, 9.17) is 9.47 Å². The highest BCUT2D eigenvalue weighted by molar-refractivity contribution is 7.89. The number of methoxy groups -OCH3 is 1. The molecule has 1 amide bonds. The summed E-state index contributed by atoms with van der Waals surface area (Å²) >= 11 is 0. The maximum Gasteiger partial charge on any atom is 0.243 e. The van der Waals surface area contributed by atoms with Crippen LogP contribution in [0, 0.1) is 5.92 Å². The minimum absolute atomic E-state index is 0.0780. The van der Waals surface area contributed by atoms with Gasteiger partial charge in [0.25, 0.3) is 0 Å². The molecule has 0 aromatic heterocycles. The van der Waals surface area contributed by atoms with Gasteiger partial charge in [0.2, 0.25) is 15.9 Å². The SMILES string of the molecule is CCOc1ccc([C@@H]2CCCN2C(=O)C2CCN(S(=O)(=O)c3ccc(OC)cc3)CC2)cc1. The second kappa shape index (κ2) is 10.1. The fraction of sp³-hybridized carbons (Fsp3) is 0.480. The highest BCUT2D eigenvalue weighted by atomic mass is 32.2. The number of hydrogen-bond donors (Lipinski definition) is 0. The molecule has 0 unspecified atom stereocenters. The lowest BCUT2D eigenvalue weighted by atomic mass is 9.95. The van der Waals surface area contributed by atoms with Gasteiger partial charge in [0.15, 0.2) is 0 Å². The van der Waals surface area contributed by atoms with Crippen LogP contribution in [0.3, 0.4) is 0 Å². The van der Waals surface area contributed by atoms with Crippen molar-refractivity contribution < 1.29 is 22.7 Å². The molecular weight excluding hydrogens is 440 g/mol. The van der Waals surface area contributed by atoms with E-state index >= 15 is 0 Å². The number of benzene rings is 2. The first kappa shape index (κ1) is 23.6. The predicted octanol–water partition coefficient (Wildman–Crippen LogP) is 3.86. The molecule has 0 radical (unpaired) electrons. The van der Waals surface area contributed by atoms with Gasteiger partial charge >= 0.3 is 0 Å². The van der Waals surface area contributed by atoms with Crippen LogP contribution in [0.25, 0.3) is 0 Å². The van der Waals surface area contributed by atoms with Gasteiger partial charge < -0.3 is 14.4 Å². The molecular formula is C25H32N2O5S. The summed E-state index contributed by atoms with van der Waals surface area (Å²) in [4.78, 5) is 15.6. The Hall–Kier alpha value is -2.58. The Morgan fingerprint density at radius 2 is 1.58 bits per heavy atom. The first-order valence-electron chi connectivity index (χ1n) is 11.6. The second-order valence-electron chi connectivity index (χ2n) is 8.55. The third-order valence-electron chi connectivity index (χ3n) is 6.61. The summed E-state index contributed by atoms with van der Waals surface area (Å²) in [5, 5.41) is 0. The first-order valence-corrected chi connectivity index (χ1v) is 13.1. The Labute approximate surface area is 196 Å². The number of ether oxygens (including phenoxy) is 2. The van der Waals surface area contributed by atoms with Crippen LogP contribution in [0.1, 0.15) is 44.2 Å². The fourth-order valence-electron chi connectivity index (χ4n) is 4.80. The molecule has 2 heterocycles. The molecule has 0 N–H and O–H groups in total. The molecule has 2 aromatic rings. The lowest BCUT2D eigenvalue weighted by Gasteiger charge is -2.34. The lowest BCUT2D eigenvalue weighted by Crippen LogP contribution is -2.44. The normalized spacial score (nSPS) is 20.1. The molecule has 4 rings (SSSR count). The predicted molar refractivity (Wildman–Crippen MR) is 126 cm³/mol. The van der Waals surface area contributed by atoms with Crippen molar-refractivity contribution >= 4 is 15.9 Å². The molecule has 8 heteroatoms. The largest absolute Gasteiger partial charge is 0.497 e. The van der Waals surface area contributed by atoms with Crippen LogP contribution < -0.4 is 9.47 Å². The van der Waals surface area contributed by atoms with Gasteiger partial charge in [-0.25, -0.2) is 8.42 Å². The molecule has 178 valence electrons. The molecule has 0 bridgehead atoms. The van der Waals surface area contributed by atoms with Crippen LogP contribution in [0.2, 0.25) is 0 Å². The summed E-state index contributed by atoms with van der Waals surface area (Å²) in [5.74, 6) is 1.46. The number of carbonyl (C=O) groups is 1. The molecule has 2 aliphatic rings. The molecule has 2 fully saturated rings. The van der Waals surface area contributed by atoms with Crippen molar-refractivity contribution in [3.63, 3.8) is 0 Å². The van der Waals surface area contributed by atoms with Crippen LogP contribution in [0.15, 0.2) is 53.4 Å². The zero-order chi connectivity index (χ0) is 23.4. The summed E-state index contributed by atoms with van der Waals surface area (Å²) in [6, 6.07) is 14.5. The van der Waals surface area contributed by atoms with Crippen LogP contribution in [-0.4, -0.2) is 56.9 Å². The van der Waals surface area contributed by atoms with E-state index in [0.717, 1.165) is 30.7 Å². The van der Waals surface area contributed by atoms with Crippen molar-refractivity contribution in [3.05, 3.63) is 54.1 Å². The fourth-order valence-corrected chi connectivity index (χ4v) is 6.27. The molecule has 7 nitrogen and oxygen atoms in total. The Bertz CT molecular complexity index is 1050. The van der Waals surface area contributed by atoms with Gasteiger partial charge in [0.05, 0.1) is 24.7 Å². The van der Waals surface area contributed by atoms with Crippen LogP contribution in [-0.2, 0) is 14.8 Å². The number of piperidine rings is 1. The molecule has 2 aliphatic heterocycles. The van der Waals surface area contributed by atoms with Gasteiger partial charge in [-0.05, 0) is 74.6 Å². The molecule has 0 aliphatic carbocycles. The molecule has 33 heavy (non-hydrogen) atoms. The minimum Gasteiger partial charge on any atom is -0.497 e. The van der Waals surface area contributed by atoms with Gasteiger partial charge in [0, 0.05) is 25.6 Å². The van der Waals surface area contributed by atoms with Crippen LogP contribution in [0.4, 0.5) is 0 Å². The average Bonchev–Trinajstić information content (AvgIpc) is 3.34. The smallest absolute Gasteiger partial charge is 0.243 e. The monoisotopic (exact) mass is 472 g/mol.